The van der Waals surface area contributed by atoms with Gasteiger partial charge in [0.15, 0.2) is 5.78 Å². The fourth-order valence-electron chi connectivity index (χ4n) is 2.13. The number of rotatable bonds is 10. The molecule has 29 heavy (non-hydrogen) atoms. The Hall–Kier alpha value is -3.35. The van der Waals surface area contributed by atoms with Crippen LogP contribution in [0.3, 0.4) is 0 Å². The Balaban J connectivity index is 2.00. The highest BCUT2D eigenvalue weighted by atomic mass is 32.2. The molecule has 0 spiro atoms. The number of alkyl carbamates (subject to hydrolysis) is 1. The van der Waals surface area contributed by atoms with Crippen molar-refractivity contribution in [3.05, 3.63) is 35.9 Å². The molecule has 2 rings (SSSR count). The van der Waals surface area contributed by atoms with Crippen molar-refractivity contribution in [3.63, 3.8) is 0 Å². The predicted octanol–water partition coefficient (Wildman–Crippen LogP) is -0.194. The van der Waals surface area contributed by atoms with Gasteiger partial charge in [0.25, 0.3) is 5.16 Å². The number of aliphatic carboxylic acids is 1. The van der Waals surface area contributed by atoms with Crippen molar-refractivity contribution in [1.29, 1.82) is 0 Å². The number of carbonyl (C=O) groups excluding carboxylic acids is 2. The van der Waals surface area contributed by atoms with Crippen LogP contribution in [0.1, 0.15) is 18.9 Å². The number of sulfone groups is 1. The number of nitrogens with zero attached hydrogens (tertiary/aromatic N) is 4. The number of Topliss-reactive ketones (excluding diaryl/α,β-unsaturated/α-hetero) is 1. The molecule has 2 aromatic rings. The molecule has 12 nitrogen and oxygen atoms in total. The average Bonchev–Trinajstić information content (AvgIpc) is 3.15. The van der Waals surface area contributed by atoms with Crippen LogP contribution in [0.2, 0.25) is 0 Å². The molecular weight excluding hydrogens is 406 g/mol. The van der Waals surface area contributed by atoms with Crippen molar-refractivity contribution in [2.75, 3.05) is 5.75 Å². The smallest absolute Gasteiger partial charge is 0.408 e. The number of carboxylic acid groups (broad SMARTS) is 1. The summed E-state index contributed by atoms with van der Waals surface area (Å²) in [7, 11) is -3.71. The van der Waals surface area contributed by atoms with Gasteiger partial charge in [-0.05, 0) is 10.8 Å². The summed E-state index contributed by atoms with van der Waals surface area (Å²) in [6, 6.07) is 7.34. The van der Waals surface area contributed by atoms with Crippen LogP contribution in [0.15, 0.2) is 35.5 Å². The maximum atomic E-state index is 12.4. The summed E-state index contributed by atoms with van der Waals surface area (Å²) in [6.45, 7) is 0.752. The maximum absolute atomic E-state index is 12.4. The third kappa shape index (κ3) is 6.64. The molecular formula is C16H19N5O7S. The molecule has 0 aliphatic rings. The Morgan fingerprint density at radius 1 is 1.24 bits per heavy atom. The number of ketones is 1. The number of benzene rings is 1. The lowest BCUT2D eigenvalue weighted by Crippen LogP contribution is -2.44. The van der Waals surface area contributed by atoms with Crippen LogP contribution >= 0.6 is 0 Å². The van der Waals surface area contributed by atoms with Gasteiger partial charge in [0.2, 0.25) is 9.84 Å². The molecule has 13 heteroatoms. The van der Waals surface area contributed by atoms with E-state index in [1.807, 2.05) is 0 Å². The number of nitrogens with one attached hydrogen (secondary N) is 1. The van der Waals surface area contributed by atoms with E-state index in [2.05, 4.69) is 20.7 Å². The van der Waals surface area contributed by atoms with Gasteiger partial charge in [-0.25, -0.2) is 13.2 Å². The first kappa shape index (κ1) is 21.9. The molecule has 0 saturated heterocycles. The number of carbonyl (C=O) groups is 3. The molecule has 1 aromatic carbocycles. The minimum Gasteiger partial charge on any atom is -0.481 e. The van der Waals surface area contributed by atoms with Gasteiger partial charge in [-0.1, -0.05) is 42.4 Å². The van der Waals surface area contributed by atoms with E-state index < -0.39 is 51.8 Å². The highest BCUT2D eigenvalue weighted by molar-refractivity contribution is 7.91. The molecule has 2 N–H and O–H groups in total. The van der Waals surface area contributed by atoms with Crippen molar-refractivity contribution in [3.8, 4) is 0 Å². The lowest BCUT2D eigenvalue weighted by atomic mass is 10.1. The van der Waals surface area contributed by atoms with Crippen molar-refractivity contribution >= 4 is 27.7 Å². The number of amides is 1. The second-order valence-corrected chi connectivity index (χ2v) is 8.00. The van der Waals surface area contributed by atoms with Crippen LogP contribution in [0.25, 0.3) is 0 Å². The molecule has 1 unspecified atom stereocenters. The zero-order chi connectivity index (χ0) is 21.4. The average molecular weight is 425 g/mol. The van der Waals surface area contributed by atoms with Gasteiger partial charge in [0, 0.05) is 0 Å². The van der Waals surface area contributed by atoms with Gasteiger partial charge in [0.05, 0.1) is 12.2 Å². The zero-order valence-corrected chi connectivity index (χ0v) is 16.2. The van der Waals surface area contributed by atoms with Crippen LogP contribution < -0.4 is 5.32 Å². The zero-order valence-electron chi connectivity index (χ0n) is 15.4. The van der Waals surface area contributed by atoms with Crippen LogP contribution in [-0.4, -0.2) is 63.4 Å². The molecule has 0 saturated carbocycles. The number of aromatic nitrogens is 4. The fraction of sp³-hybridized carbons (Fsp3) is 0.375. The molecule has 0 fully saturated rings. The number of carboxylic acids is 1. The molecule has 1 amide bonds. The van der Waals surface area contributed by atoms with E-state index in [0.717, 1.165) is 4.80 Å². The topological polar surface area (TPSA) is 170 Å². The van der Waals surface area contributed by atoms with E-state index >= 15 is 0 Å². The van der Waals surface area contributed by atoms with Gasteiger partial charge >= 0.3 is 12.1 Å². The predicted molar refractivity (Wildman–Crippen MR) is 96.4 cm³/mol. The largest absolute Gasteiger partial charge is 0.481 e. The highest BCUT2D eigenvalue weighted by Crippen LogP contribution is 2.04. The molecule has 1 heterocycles. The van der Waals surface area contributed by atoms with Crippen molar-refractivity contribution in [2.45, 2.75) is 37.7 Å². The normalized spacial score (nSPS) is 12.2. The van der Waals surface area contributed by atoms with Crippen LogP contribution in [0, 0.1) is 0 Å². The van der Waals surface area contributed by atoms with Gasteiger partial charge in [0.1, 0.15) is 19.2 Å². The third-order valence-electron chi connectivity index (χ3n) is 3.66. The van der Waals surface area contributed by atoms with E-state index in [0.29, 0.717) is 5.56 Å². The molecule has 0 aliphatic heterocycles. The van der Waals surface area contributed by atoms with Gasteiger partial charge in [-0.2, -0.15) is 4.80 Å². The van der Waals surface area contributed by atoms with E-state index in [-0.39, 0.29) is 12.4 Å². The minimum atomic E-state index is -3.71. The van der Waals surface area contributed by atoms with Gasteiger partial charge in [-0.3, -0.25) is 9.59 Å². The van der Waals surface area contributed by atoms with E-state index in [9.17, 15) is 22.8 Å². The first-order valence-corrected chi connectivity index (χ1v) is 10.1. The molecule has 1 aromatic heterocycles. The molecule has 0 bridgehead atoms. The van der Waals surface area contributed by atoms with Crippen LogP contribution in [-0.2, 0) is 37.3 Å². The standard InChI is InChI=1S/C16H19N5O7S/c1-2-29(26,27)15-18-20-21(19-15)9-13(22)12(8-14(23)24)17-16(25)28-10-11-6-4-3-5-7-11/h3-7,12H,2,8-10H2,1H3,(H,17,25)(H,23,24). The van der Waals surface area contributed by atoms with Crippen molar-refractivity contribution in [2.24, 2.45) is 0 Å². The summed E-state index contributed by atoms with van der Waals surface area (Å²) in [6.07, 6.45) is -1.68. The van der Waals surface area contributed by atoms with Gasteiger partial charge < -0.3 is 15.2 Å². The first-order chi connectivity index (χ1) is 13.7. The summed E-state index contributed by atoms with van der Waals surface area (Å²) in [5, 5.41) is 21.1. The molecule has 0 radical (unpaired) electrons. The van der Waals surface area contributed by atoms with Crippen LogP contribution in [0.4, 0.5) is 4.79 Å². The van der Waals surface area contributed by atoms with E-state index in [4.69, 9.17) is 9.84 Å². The highest BCUT2D eigenvalue weighted by Gasteiger charge is 2.26. The lowest BCUT2D eigenvalue weighted by molar-refractivity contribution is -0.139. The first-order valence-electron chi connectivity index (χ1n) is 8.43. The number of hydrogen-bond acceptors (Lipinski definition) is 9. The second-order valence-electron chi connectivity index (χ2n) is 5.83. The number of hydrogen-bond donors (Lipinski definition) is 2. The second kappa shape index (κ2) is 9.73. The fourth-order valence-corrected chi connectivity index (χ4v) is 2.76. The Kier molecular flexibility index (Phi) is 7.36. The van der Waals surface area contributed by atoms with E-state index in [1.165, 1.54) is 6.92 Å². The third-order valence-corrected chi connectivity index (χ3v) is 5.14. The van der Waals surface area contributed by atoms with Gasteiger partial charge in [-0.15, -0.1) is 5.10 Å². The quantitative estimate of drug-likeness (QED) is 0.519. The summed E-state index contributed by atoms with van der Waals surface area (Å²) in [5.41, 5.74) is 0.709. The van der Waals surface area contributed by atoms with Crippen molar-refractivity contribution in [1.82, 2.24) is 25.5 Å². The Labute approximate surface area is 165 Å². The van der Waals surface area contributed by atoms with Crippen LogP contribution in [0.5, 0.6) is 0 Å². The van der Waals surface area contributed by atoms with Crippen molar-refractivity contribution < 1.29 is 32.6 Å². The number of ether oxygens (including phenoxy) is 1. The molecule has 156 valence electrons. The molecule has 0 aliphatic carbocycles. The number of tetrazole rings is 1. The summed E-state index contributed by atoms with van der Waals surface area (Å²) < 4.78 is 28.4. The maximum Gasteiger partial charge on any atom is 0.408 e. The summed E-state index contributed by atoms with van der Waals surface area (Å²) in [4.78, 5) is 36.1. The summed E-state index contributed by atoms with van der Waals surface area (Å²) >= 11 is 0. The monoisotopic (exact) mass is 425 g/mol. The Morgan fingerprint density at radius 3 is 2.55 bits per heavy atom. The summed E-state index contributed by atoms with van der Waals surface area (Å²) in [5.74, 6) is -2.34. The van der Waals surface area contributed by atoms with E-state index in [1.54, 1.807) is 30.3 Å². The SMILES string of the molecule is CCS(=O)(=O)c1nnn(CC(=O)C(CC(=O)O)NC(=O)OCc2ccccc2)n1. The Morgan fingerprint density at radius 2 is 1.93 bits per heavy atom. The molecule has 1 atom stereocenters. The lowest BCUT2D eigenvalue weighted by Gasteiger charge is -2.15. The Bertz CT molecular complexity index is 975. The minimum absolute atomic E-state index is 0.0659.